The van der Waals surface area contributed by atoms with Crippen LogP contribution in [0.3, 0.4) is 0 Å². The van der Waals surface area contributed by atoms with Gasteiger partial charge in [0, 0.05) is 18.3 Å². The third-order valence-corrected chi connectivity index (χ3v) is 3.71. The summed E-state index contributed by atoms with van der Waals surface area (Å²) in [5.41, 5.74) is 7.46. The lowest BCUT2D eigenvalue weighted by molar-refractivity contribution is -0.122. The maximum Gasteiger partial charge on any atom is 0.319 e. The molecule has 1 aromatic carbocycles. The average molecular weight is 338 g/mol. The number of rotatable bonds is 8. The van der Waals surface area contributed by atoms with Crippen LogP contribution in [0.5, 0.6) is 0 Å². The van der Waals surface area contributed by atoms with Gasteiger partial charge in [-0.1, -0.05) is 12.1 Å². The van der Waals surface area contributed by atoms with Crippen LogP contribution in [0.25, 0.3) is 0 Å². The number of hydrogen-bond donors (Lipinski definition) is 4. The summed E-state index contributed by atoms with van der Waals surface area (Å²) < 4.78 is 0. The van der Waals surface area contributed by atoms with Gasteiger partial charge >= 0.3 is 6.03 Å². The summed E-state index contributed by atoms with van der Waals surface area (Å²) in [6.45, 7) is 4.22. The van der Waals surface area contributed by atoms with Crippen LogP contribution in [0.4, 0.5) is 10.5 Å². The second-order valence-corrected chi connectivity index (χ2v) is 6.54. The smallest absolute Gasteiger partial charge is 0.319 e. The number of urea groups is 1. The second kappa shape index (κ2) is 10.1. The van der Waals surface area contributed by atoms with Crippen LogP contribution in [0.1, 0.15) is 25.8 Å². The molecule has 3 amide bonds. The van der Waals surface area contributed by atoms with E-state index in [2.05, 4.69) is 16.0 Å². The van der Waals surface area contributed by atoms with Gasteiger partial charge in [0.05, 0.1) is 6.04 Å². The number of anilines is 1. The van der Waals surface area contributed by atoms with Crippen molar-refractivity contribution >= 4 is 29.4 Å². The summed E-state index contributed by atoms with van der Waals surface area (Å²) in [7, 11) is 0. The molecule has 0 spiro atoms. The third-order valence-electron chi connectivity index (χ3n) is 3.07. The molecule has 1 aromatic rings. The Kier molecular flexibility index (Phi) is 8.50. The molecular weight excluding hydrogens is 312 g/mol. The van der Waals surface area contributed by atoms with E-state index in [4.69, 9.17) is 5.73 Å². The molecule has 0 aliphatic heterocycles. The zero-order valence-corrected chi connectivity index (χ0v) is 14.7. The van der Waals surface area contributed by atoms with Gasteiger partial charge in [0.2, 0.25) is 5.91 Å². The van der Waals surface area contributed by atoms with E-state index in [0.29, 0.717) is 18.7 Å². The van der Waals surface area contributed by atoms with E-state index < -0.39 is 6.04 Å². The highest BCUT2D eigenvalue weighted by Crippen LogP contribution is 2.09. The predicted molar refractivity (Wildman–Crippen MR) is 96.6 cm³/mol. The Bertz CT molecular complexity index is 505. The number of nitrogens with two attached hydrogens (primary N) is 1. The van der Waals surface area contributed by atoms with Crippen molar-refractivity contribution in [1.82, 2.24) is 10.6 Å². The Morgan fingerprint density at radius 3 is 2.43 bits per heavy atom. The zero-order valence-electron chi connectivity index (χ0n) is 13.9. The Hall–Kier alpha value is -1.73. The Morgan fingerprint density at radius 1 is 1.22 bits per heavy atom. The molecule has 0 fully saturated rings. The number of carbonyl (C=O) groups is 2. The molecule has 6 nitrogen and oxygen atoms in total. The molecule has 5 N–H and O–H groups in total. The van der Waals surface area contributed by atoms with Crippen LogP contribution in [0, 0.1) is 0 Å². The van der Waals surface area contributed by atoms with E-state index in [9.17, 15) is 9.59 Å². The summed E-state index contributed by atoms with van der Waals surface area (Å²) in [4.78, 5) is 23.4. The summed E-state index contributed by atoms with van der Waals surface area (Å²) in [6, 6.07) is 6.70. The molecule has 128 valence electrons. The van der Waals surface area contributed by atoms with Crippen LogP contribution in [-0.4, -0.2) is 36.0 Å². The summed E-state index contributed by atoms with van der Waals surface area (Å²) in [6.07, 6.45) is 2.66. The van der Waals surface area contributed by atoms with E-state index >= 15 is 0 Å². The summed E-state index contributed by atoms with van der Waals surface area (Å²) in [5.74, 6) is 0.727. The van der Waals surface area contributed by atoms with Crippen LogP contribution >= 0.6 is 11.8 Å². The molecule has 1 atom stereocenters. The normalized spacial score (nSPS) is 11.9. The lowest BCUT2D eigenvalue weighted by Gasteiger charge is -2.12. The summed E-state index contributed by atoms with van der Waals surface area (Å²) in [5, 5.41) is 8.32. The highest BCUT2D eigenvalue weighted by Gasteiger charge is 2.12. The molecular formula is C16H26N4O2S. The van der Waals surface area contributed by atoms with E-state index in [1.54, 1.807) is 23.9 Å². The second-order valence-electron chi connectivity index (χ2n) is 5.56. The van der Waals surface area contributed by atoms with Gasteiger partial charge in [-0.3, -0.25) is 4.79 Å². The fourth-order valence-electron chi connectivity index (χ4n) is 1.83. The van der Waals surface area contributed by atoms with Crippen molar-refractivity contribution < 1.29 is 9.59 Å². The first-order valence-corrected chi connectivity index (χ1v) is 9.00. The Balaban J connectivity index is 2.42. The van der Waals surface area contributed by atoms with E-state index in [-0.39, 0.29) is 18.0 Å². The van der Waals surface area contributed by atoms with E-state index in [1.165, 1.54) is 0 Å². The van der Waals surface area contributed by atoms with Crippen molar-refractivity contribution in [2.24, 2.45) is 5.73 Å². The number of amides is 3. The molecule has 0 bridgehead atoms. The maximum absolute atomic E-state index is 11.8. The predicted octanol–water partition coefficient (Wildman–Crippen LogP) is 1.91. The van der Waals surface area contributed by atoms with Crippen molar-refractivity contribution in [2.75, 3.05) is 17.3 Å². The highest BCUT2D eigenvalue weighted by molar-refractivity contribution is 7.98. The lowest BCUT2D eigenvalue weighted by Crippen LogP contribution is -2.40. The topological polar surface area (TPSA) is 96.2 Å². The first-order valence-electron chi connectivity index (χ1n) is 7.61. The molecule has 0 aliphatic rings. The first-order chi connectivity index (χ1) is 10.9. The maximum atomic E-state index is 11.8. The fourth-order valence-corrected chi connectivity index (χ4v) is 2.32. The number of carbonyl (C=O) groups excluding carboxylic acids is 2. The minimum atomic E-state index is -0.469. The molecule has 0 radical (unpaired) electrons. The largest absolute Gasteiger partial charge is 0.351 e. The lowest BCUT2D eigenvalue weighted by atomic mass is 10.2. The van der Waals surface area contributed by atoms with Gasteiger partial charge in [-0.2, -0.15) is 11.8 Å². The van der Waals surface area contributed by atoms with Gasteiger partial charge in [0.15, 0.2) is 0 Å². The molecule has 1 rings (SSSR count). The molecule has 23 heavy (non-hydrogen) atoms. The molecule has 0 saturated carbocycles. The molecule has 1 unspecified atom stereocenters. The minimum Gasteiger partial charge on any atom is -0.351 e. The molecule has 0 heterocycles. The van der Waals surface area contributed by atoms with Gasteiger partial charge in [0.25, 0.3) is 0 Å². The third kappa shape index (κ3) is 7.90. The number of nitrogens with one attached hydrogen (secondary N) is 3. The Morgan fingerprint density at radius 2 is 1.87 bits per heavy atom. The Labute approximate surface area is 142 Å². The van der Waals surface area contributed by atoms with Gasteiger partial charge in [-0.15, -0.1) is 0 Å². The van der Waals surface area contributed by atoms with Crippen molar-refractivity contribution in [1.29, 1.82) is 0 Å². The molecule has 7 heteroatoms. The average Bonchev–Trinajstić information content (AvgIpc) is 2.50. The first kappa shape index (κ1) is 19.3. The van der Waals surface area contributed by atoms with Crippen LogP contribution in [-0.2, 0) is 11.3 Å². The number of hydrogen-bond acceptors (Lipinski definition) is 4. The van der Waals surface area contributed by atoms with E-state index in [0.717, 1.165) is 11.3 Å². The van der Waals surface area contributed by atoms with Crippen molar-refractivity contribution in [3.8, 4) is 0 Å². The monoisotopic (exact) mass is 338 g/mol. The van der Waals surface area contributed by atoms with Crippen molar-refractivity contribution in [3.63, 3.8) is 0 Å². The van der Waals surface area contributed by atoms with Crippen molar-refractivity contribution in [3.05, 3.63) is 29.8 Å². The quantitative estimate of drug-likeness (QED) is 0.582. The highest BCUT2D eigenvalue weighted by atomic mass is 32.2. The van der Waals surface area contributed by atoms with Crippen molar-refractivity contribution in [2.45, 2.75) is 38.9 Å². The van der Waals surface area contributed by atoms with Crippen LogP contribution < -0.4 is 21.7 Å². The molecule has 0 saturated heterocycles. The number of benzene rings is 1. The zero-order chi connectivity index (χ0) is 17.2. The van der Waals surface area contributed by atoms with Gasteiger partial charge < -0.3 is 21.7 Å². The van der Waals surface area contributed by atoms with Gasteiger partial charge in [0.1, 0.15) is 0 Å². The molecule has 0 aliphatic carbocycles. The van der Waals surface area contributed by atoms with Crippen LogP contribution in [0.2, 0.25) is 0 Å². The summed E-state index contributed by atoms with van der Waals surface area (Å²) >= 11 is 1.67. The fraction of sp³-hybridized carbons (Fsp3) is 0.500. The van der Waals surface area contributed by atoms with Crippen LogP contribution in [0.15, 0.2) is 24.3 Å². The number of thioether (sulfide) groups is 1. The SMILES string of the molecule is CSCCC(N)C(=O)NCc1ccc(NC(=O)NC(C)C)cc1. The van der Waals surface area contributed by atoms with E-state index in [1.807, 2.05) is 32.2 Å². The molecule has 0 aromatic heterocycles. The minimum absolute atomic E-state index is 0.0832. The van der Waals surface area contributed by atoms with Gasteiger partial charge in [-0.25, -0.2) is 4.79 Å². The van der Waals surface area contributed by atoms with Gasteiger partial charge in [-0.05, 0) is 50.0 Å². The standard InChI is InChI=1S/C16H26N4O2S/c1-11(2)19-16(22)20-13-6-4-12(5-7-13)10-18-15(21)14(17)8-9-23-3/h4-7,11,14H,8-10,17H2,1-3H3,(H,18,21)(H2,19,20,22).